The fraction of sp³-hybridized carbons (Fsp3) is 0.0800. The van der Waals surface area contributed by atoms with Gasteiger partial charge in [-0.15, -0.1) is 0 Å². The third kappa shape index (κ3) is 5.20. The lowest BCUT2D eigenvalue weighted by Gasteiger charge is -2.13. The minimum Gasteiger partial charge on any atom is -0.483 e. The monoisotopic (exact) mass is 426 g/mol. The number of rotatable bonds is 7. The number of benzene rings is 3. The smallest absolute Gasteiger partial charge is 0.288 e. The number of ether oxygens (including phenoxy) is 1. The second-order valence-corrected chi connectivity index (χ2v) is 7.05. The molecule has 0 aliphatic carbocycles. The van der Waals surface area contributed by atoms with Crippen LogP contribution in [-0.2, 0) is 11.2 Å². The molecular formula is C25H22N4O3. The maximum absolute atomic E-state index is 12.5. The van der Waals surface area contributed by atoms with Crippen LogP contribution >= 0.6 is 0 Å². The van der Waals surface area contributed by atoms with Crippen LogP contribution in [0.5, 0.6) is 5.75 Å². The third-order valence-corrected chi connectivity index (χ3v) is 4.79. The molecule has 0 bridgehead atoms. The van der Waals surface area contributed by atoms with Crippen molar-refractivity contribution >= 4 is 11.8 Å². The molecule has 0 unspecified atom stereocenters. The molecule has 0 aliphatic heterocycles. The molecule has 2 amide bonds. The second kappa shape index (κ2) is 10.1. The Balaban J connectivity index is 1.32. The number of nitrogens with zero attached hydrogens (tertiary/aromatic N) is 2. The van der Waals surface area contributed by atoms with E-state index in [1.165, 1.54) is 6.20 Å². The molecule has 1 heterocycles. The molecule has 160 valence electrons. The number of carbonyl (C=O) groups excluding carboxylic acids is 2. The predicted octanol–water partition coefficient (Wildman–Crippen LogP) is 3.30. The molecule has 0 spiro atoms. The van der Waals surface area contributed by atoms with Crippen molar-refractivity contribution in [3.63, 3.8) is 0 Å². The molecule has 32 heavy (non-hydrogen) atoms. The van der Waals surface area contributed by atoms with Crippen molar-refractivity contribution < 1.29 is 14.3 Å². The molecule has 0 fully saturated rings. The van der Waals surface area contributed by atoms with Crippen molar-refractivity contribution in [3.05, 3.63) is 114 Å². The fourth-order valence-corrected chi connectivity index (χ4v) is 3.23. The van der Waals surface area contributed by atoms with Crippen molar-refractivity contribution in [2.75, 3.05) is 6.61 Å². The molecule has 3 aromatic carbocycles. The number of nitrogens with one attached hydrogen (secondary N) is 2. The summed E-state index contributed by atoms with van der Waals surface area (Å²) in [6, 6.07) is 26.9. The summed E-state index contributed by atoms with van der Waals surface area (Å²) < 4.78 is 7.34. The summed E-state index contributed by atoms with van der Waals surface area (Å²) in [5.74, 6) is -0.331. The number of carbonyl (C=O) groups is 2. The topological polar surface area (TPSA) is 85.2 Å². The summed E-state index contributed by atoms with van der Waals surface area (Å²) in [5.41, 5.74) is 8.00. The Morgan fingerprint density at radius 1 is 0.844 bits per heavy atom. The molecule has 7 nitrogen and oxygen atoms in total. The van der Waals surface area contributed by atoms with E-state index in [0.29, 0.717) is 17.9 Å². The lowest BCUT2D eigenvalue weighted by atomic mass is 10.0. The Bertz CT molecular complexity index is 1190. The molecule has 2 N–H and O–H groups in total. The number of hydrogen-bond acceptors (Lipinski definition) is 4. The minimum absolute atomic E-state index is 0.232. The van der Waals surface area contributed by atoms with E-state index in [-0.39, 0.29) is 6.61 Å². The van der Waals surface area contributed by atoms with Gasteiger partial charge in [0.2, 0.25) is 0 Å². The van der Waals surface area contributed by atoms with Gasteiger partial charge in [0.05, 0.1) is 12.5 Å². The van der Waals surface area contributed by atoms with E-state index in [4.69, 9.17) is 4.74 Å². The van der Waals surface area contributed by atoms with E-state index >= 15 is 0 Å². The number of imidazole rings is 1. The number of aromatic nitrogens is 2. The third-order valence-electron chi connectivity index (χ3n) is 4.79. The van der Waals surface area contributed by atoms with Crippen molar-refractivity contribution in [3.8, 4) is 11.4 Å². The normalized spacial score (nSPS) is 10.4. The van der Waals surface area contributed by atoms with Crippen LogP contribution in [-0.4, -0.2) is 28.0 Å². The number of hydrogen-bond donors (Lipinski definition) is 2. The molecular weight excluding hydrogens is 404 g/mol. The number of para-hydroxylation sites is 2. The fourth-order valence-electron chi connectivity index (χ4n) is 3.23. The zero-order valence-electron chi connectivity index (χ0n) is 17.3. The maximum atomic E-state index is 12.5. The van der Waals surface area contributed by atoms with Crippen molar-refractivity contribution in [2.45, 2.75) is 6.42 Å². The van der Waals surface area contributed by atoms with Crippen LogP contribution in [0.2, 0.25) is 0 Å². The van der Waals surface area contributed by atoms with Gasteiger partial charge in [0, 0.05) is 12.1 Å². The molecule has 0 aliphatic rings. The first kappa shape index (κ1) is 20.9. The highest BCUT2D eigenvalue weighted by atomic mass is 16.5. The number of amides is 2. The summed E-state index contributed by atoms with van der Waals surface area (Å²) in [6.45, 7) is -0.232. The van der Waals surface area contributed by atoms with Gasteiger partial charge < -0.3 is 4.74 Å². The second-order valence-electron chi connectivity index (χ2n) is 7.05. The first-order chi connectivity index (χ1) is 15.7. The SMILES string of the molecule is O=C(COc1ccccc1Cc1ccccc1)NNC(=O)c1cncn1-c1ccccc1. The highest BCUT2D eigenvalue weighted by molar-refractivity contribution is 5.94. The van der Waals surface area contributed by atoms with Gasteiger partial charge in [-0.3, -0.25) is 25.0 Å². The highest BCUT2D eigenvalue weighted by Gasteiger charge is 2.14. The molecule has 4 aromatic rings. The van der Waals surface area contributed by atoms with Gasteiger partial charge in [-0.1, -0.05) is 66.7 Å². The molecule has 0 saturated heterocycles. The van der Waals surface area contributed by atoms with E-state index < -0.39 is 11.8 Å². The first-order valence-corrected chi connectivity index (χ1v) is 10.1. The van der Waals surface area contributed by atoms with E-state index in [9.17, 15) is 9.59 Å². The van der Waals surface area contributed by atoms with Gasteiger partial charge >= 0.3 is 0 Å². The van der Waals surface area contributed by atoms with Crippen LogP contribution in [0.15, 0.2) is 97.5 Å². The predicted molar refractivity (Wildman–Crippen MR) is 120 cm³/mol. The van der Waals surface area contributed by atoms with E-state index in [2.05, 4.69) is 15.8 Å². The molecule has 4 rings (SSSR count). The lowest BCUT2D eigenvalue weighted by molar-refractivity contribution is -0.123. The zero-order chi connectivity index (χ0) is 22.2. The highest BCUT2D eigenvalue weighted by Crippen LogP contribution is 2.21. The minimum atomic E-state index is -0.482. The quantitative estimate of drug-likeness (QED) is 0.444. The van der Waals surface area contributed by atoms with E-state index in [0.717, 1.165) is 16.8 Å². The van der Waals surface area contributed by atoms with Gasteiger partial charge in [-0.2, -0.15) is 0 Å². The Labute approximate surface area is 185 Å². The van der Waals surface area contributed by atoms with E-state index in [1.807, 2.05) is 84.9 Å². The zero-order valence-corrected chi connectivity index (χ0v) is 17.3. The standard InChI is InChI=1S/C25H22N4O3/c30-24(17-32-23-14-8-7-11-20(23)15-19-9-3-1-4-10-19)27-28-25(31)22-16-26-18-29(22)21-12-5-2-6-13-21/h1-14,16,18H,15,17H2,(H,27,30)(H,28,31). The van der Waals surface area contributed by atoms with Gasteiger partial charge in [0.25, 0.3) is 11.8 Å². The van der Waals surface area contributed by atoms with Crippen LogP contribution in [0, 0.1) is 0 Å². The maximum Gasteiger partial charge on any atom is 0.288 e. The van der Waals surface area contributed by atoms with Crippen molar-refractivity contribution in [2.24, 2.45) is 0 Å². The van der Waals surface area contributed by atoms with Gasteiger partial charge in [0.15, 0.2) is 6.61 Å². The average molecular weight is 426 g/mol. The summed E-state index contributed by atoms with van der Waals surface area (Å²) in [6.07, 6.45) is 3.67. The molecule has 0 radical (unpaired) electrons. The lowest BCUT2D eigenvalue weighted by Crippen LogP contribution is -2.44. The summed E-state index contributed by atoms with van der Waals surface area (Å²) in [7, 11) is 0. The van der Waals surface area contributed by atoms with Crippen LogP contribution < -0.4 is 15.6 Å². The Kier molecular flexibility index (Phi) is 6.57. The Hall–Kier alpha value is -4.39. The Morgan fingerprint density at radius 3 is 2.31 bits per heavy atom. The summed E-state index contributed by atoms with van der Waals surface area (Å²) in [5, 5.41) is 0. The van der Waals surface area contributed by atoms with Crippen LogP contribution in [0.3, 0.4) is 0 Å². The number of hydrazine groups is 1. The van der Waals surface area contributed by atoms with Crippen molar-refractivity contribution in [1.82, 2.24) is 20.4 Å². The summed E-state index contributed by atoms with van der Waals surface area (Å²) >= 11 is 0. The van der Waals surface area contributed by atoms with Crippen LogP contribution in [0.1, 0.15) is 21.6 Å². The van der Waals surface area contributed by atoms with Crippen LogP contribution in [0.25, 0.3) is 5.69 Å². The molecule has 0 saturated carbocycles. The molecule has 1 aromatic heterocycles. The summed E-state index contributed by atoms with van der Waals surface area (Å²) in [4.78, 5) is 28.8. The van der Waals surface area contributed by atoms with E-state index in [1.54, 1.807) is 10.9 Å². The first-order valence-electron chi connectivity index (χ1n) is 10.1. The molecule has 0 atom stereocenters. The largest absolute Gasteiger partial charge is 0.483 e. The van der Waals surface area contributed by atoms with Gasteiger partial charge in [-0.25, -0.2) is 4.98 Å². The average Bonchev–Trinajstić information content (AvgIpc) is 3.33. The molecule has 7 heteroatoms. The van der Waals surface area contributed by atoms with Gasteiger partial charge in [0.1, 0.15) is 11.4 Å². The van der Waals surface area contributed by atoms with Crippen LogP contribution in [0.4, 0.5) is 0 Å². The van der Waals surface area contributed by atoms with Crippen molar-refractivity contribution in [1.29, 1.82) is 0 Å². The van der Waals surface area contributed by atoms with Gasteiger partial charge in [-0.05, 0) is 29.3 Å². The Morgan fingerprint density at radius 2 is 1.53 bits per heavy atom.